The Balaban J connectivity index is 2.05. The first kappa shape index (κ1) is 20.6. The van der Waals surface area contributed by atoms with E-state index >= 15 is 0 Å². The number of Topliss-reactive ketones (excluding diaryl/α,β-unsaturated/α-hetero) is 1. The molecule has 0 heterocycles. The lowest BCUT2D eigenvalue weighted by molar-refractivity contribution is -0.148. The van der Waals surface area contributed by atoms with Crippen LogP contribution in [0.4, 0.5) is 5.69 Å². The number of sulfonamides is 1. The zero-order valence-corrected chi connectivity index (χ0v) is 16.3. The minimum absolute atomic E-state index is 0.335. The molecule has 7 heteroatoms. The highest BCUT2D eigenvalue weighted by Crippen LogP contribution is 2.22. The molecule has 0 radical (unpaired) electrons. The molecule has 0 aliphatic rings. The van der Waals surface area contributed by atoms with E-state index in [2.05, 4.69) is 4.72 Å². The Labute approximate surface area is 159 Å². The molecule has 0 amide bonds. The maximum Gasteiger partial charge on any atom is 0.314 e. The van der Waals surface area contributed by atoms with Crippen molar-refractivity contribution >= 4 is 27.5 Å². The van der Waals surface area contributed by atoms with Gasteiger partial charge >= 0.3 is 5.97 Å². The van der Waals surface area contributed by atoms with Gasteiger partial charge < -0.3 is 4.74 Å². The molecule has 0 saturated heterocycles. The number of carbonyl (C=O) groups excluding carboxylic acids is 2. The van der Waals surface area contributed by atoms with E-state index in [1.54, 1.807) is 0 Å². The quantitative estimate of drug-likeness (QED) is 0.552. The molecule has 0 aromatic heterocycles. The van der Waals surface area contributed by atoms with Crippen LogP contribution in [0, 0.1) is 0 Å². The second-order valence-corrected chi connectivity index (χ2v) is 8.01. The van der Waals surface area contributed by atoms with Crippen LogP contribution < -0.4 is 4.72 Å². The van der Waals surface area contributed by atoms with Gasteiger partial charge in [-0.2, -0.15) is 0 Å². The molecule has 2 aromatic rings. The van der Waals surface area contributed by atoms with Gasteiger partial charge in [0, 0.05) is 11.3 Å². The smallest absolute Gasteiger partial charge is 0.314 e. The molecule has 0 aliphatic carbocycles. The number of esters is 1. The average molecular weight is 389 g/mol. The van der Waals surface area contributed by atoms with Gasteiger partial charge in [-0.25, -0.2) is 8.42 Å². The third kappa shape index (κ3) is 5.92. The van der Waals surface area contributed by atoms with Crippen LogP contribution in [0.2, 0.25) is 0 Å². The number of hydrogen-bond acceptors (Lipinski definition) is 5. The number of ketones is 1. The SMILES string of the molecule is CC[C@H](C(=O)O[C@H](C)C(=O)c1ccc(NS(C)(=O)=O)cc1)c1ccccc1. The number of ether oxygens (including phenoxy) is 1. The predicted molar refractivity (Wildman–Crippen MR) is 104 cm³/mol. The van der Waals surface area contributed by atoms with Crippen LogP contribution in [0.5, 0.6) is 0 Å². The predicted octanol–water partition coefficient (Wildman–Crippen LogP) is 3.37. The molecule has 27 heavy (non-hydrogen) atoms. The first-order chi connectivity index (χ1) is 12.7. The Morgan fingerprint density at radius 3 is 2.15 bits per heavy atom. The highest BCUT2D eigenvalue weighted by Gasteiger charge is 2.25. The summed E-state index contributed by atoms with van der Waals surface area (Å²) >= 11 is 0. The zero-order chi connectivity index (χ0) is 20.0. The molecule has 0 bridgehead atoms. The normalized spacial score (nSPS) is 13.4. The number of benzene rings is 2. The van der Waals surface area contributed by atoms with Crippen molar-refractivity contribution in [3.63, 3.8) is 0 Å². The highest BCUT2D eigenvalue weighted by atomic mass is 32.2. The minimum atomic E-state index is -3.39. The Morgan fingerprint density at radius 1 is 1.04 bits per heavy atom. The van der Waals surface area contributed by atoms with Gasteiger partial charge in [-0.05, 0) is 43.2 Å². The Kier molecular flexibility index (Phi) is 6.74. The van der Waals surface area contributed by atoms with Crippen molar-refractivity contribution in [2.45, 2.75) is 32.3 Å². The van der Waals surface area contributed by atoms with E-state index in [0.29, 0.717) is 17.7 Å². The van der Waals surface area contributed by atoms with E-state index in [-0.39, 0.29) is 5.78 Å². The molecule has 0 saturated carbocycles. The molecule has 2 atom stereocenters. The summed E-state index contributed by atoms with van der Waals surface area (Å²) in [4.78, 5) is 25.0. The van der Waals surface area contributed by atoms with Gasteiger partial charge in [0.1, 0.15) is 0 Å². The first-order valence-corrected chi connectivity index (χ1v) is 10.5. The van der Waals surface area contributed by atoms with Crippen LogP contribution in [-0.2, 0) is 19.6 Å². The molecule has 1 N–H and O–H groups in total. The second kappa shape index (κ2) is 8.81. The fraction of sp³-hybridized carbons (Fsp3) is 0.300. The van der Waals surface area contributed by atoms with Gasteiger partial charge in [-0.1, -0.05) is 37.3 Å². The van der Waals surface area contributed by atoms with Crippen molar-refractivity contribution in [1.82, 2.24) is 0 Å². The number of anilines is 1. The van der Waals surface area contributed by atoms with Gasteiger partial charge in [0.05, 0.1) is 12.2 Å². The van der Waals surface area contributed by atoms with Crippen molar-refractivity contribution in [2.75, 3.05) is 11.0 Å². The number of hydrogen-bond donors (Lipinski definition) is 1. The standard InChI is InChI=1S/C20H23NO5S/c1-4-18(15-8-6-5-7-9-15)20(23)26-14(2)19(22)16-10-12-17(13-11-16)21-27(3,24)25/h5-14,18,21H,4H2,1-3H3/t14-,18+/m1/s1. The lowest BCUT2D eigenvalue weighted by Crippen LogP contribution is -2.27. The Morgan fingerprint density at radius 2 is 1.63 bits per heavy atom. The van der Waals surface area contributed by atoms with E-state index in [4.69, 9.17) is 4.74 Å². The highest BCUT2D eigenvalue weighted by molar-refractivity contribution is 7.92. The van der Waals surface area contributed by atoms with Crippen LogP contribution in [0.3, 0.4) is 0 Å². The van der Waals surface area contributed by atoms with Crippen molar-refractivity contribution in [3.8, 4) is 0 Å². The summed E-state index contributed by atoms with van der Waals surface area (Å²) in [6, 6.07) is 15.3. The maximum absolute atomic E-state index is 12.5. The van der Waals surface area contributed by atoms with Crippen molar-refractivity contribution < 1.29 is 22.7 Å². The average Bonchev–Trinajstić information content (AvgIpc) is 2.62. The summed E-state index contributed by atoms with van der Waals surface area (Å²) in [5.74, 6) is -1.22. The molecule has 0 fully saturated rings. The van der Waals surface area contributed by atoms with E-state index in [1.165, 1.54) is 31.2 Å². The van der Waals surface area contributed by atoms with Crippen molar-refractivity contribution in [2.24, 2.45) is 0 Å². The molecular weight excluding hydrogens is 366 g/mol. The summed E-state index contributed by atoms with van der Waals surface area (Å²) in [7, 11) is -3.39. The van der Waals surface area contributed by atoms with Gasteiger partial charge in [0.25, 0.3) is 0 Å². The van der Waals surface area contributed by atoms with Crippen molar-refractivity contribution in [1.29, 1.82) is 0 Å². The molecule has 2 aromatic carbocycles. The fourth-order valence-electron chi connectivity index (χ4n) is 2.69. The van der Waals surface area contributed by atoms with E-state index < -0.39 is 28.0 Å². The molecule has 0 aliphatic heterocycles. The van der Waals surface area contributed by atoms with Crippen LogP contribution in [0.25, 0.3) is 0 Å². The summed E-state index contributed by atoms with van der Waals surface area (Å²) < 4.78 is 30.2. The number of carbonyl (C=O) groups is 2. The van der Waals surface area contributed by atoms with Gasteiger partial charge in [0.15, 0.2) is 6.10 Å². The Bertz CT molecular complexity index is 892. The number of nitrogens with one attached hydrogen (secondary N) is 1. The fourth-order valence-corrected chi connectivity index (χ4v) is 3.25. The molecule has 6 nitrogen and oxygen atoms in total. The molecule has 0 spiro atoms. The molecular formula is C20H23NO5S. The van der Waals surface area contributed by atoms with Gasteiger partial charge in [0.2, 0.25) is 15.8 Å². The summed E-state index contributed by atoms with van der Waals surface area (Å²) in [5.41, 5.74) is 1.54. The number of rotatable bonds is 8. The first-order valence-electron chi connectivity index (χ1n) is 8.58. The van der Waals surface area contributed by atoms with Crippen LogP contribution in [0.1, 0.15) is 42.1 Å². The molecule has 2 rings (SSSR count). The third-order valence-electron chi connectivity index (χ3n) is 4.03. The zero-order valence-electron chi connectivity index (χ0n) is 15.5. The topological polar surface area (TPSA) is 89.5 Å². The van der Waals surface area contributed by atoms with E-state index in [9.17, 15) is 18.0 Å². The van der Waals surface area contributed by atoms with Crippen molar-refractivity contribution in [3.05, 3.63) is 65.7 Å². The third-order valence-corrected chi connectivity index (χ3v) is 4.64. The second-order valence-electron chi connectivity index (χ2n) is 6.27. The molecule has 144 valence electrons. The lowest BCUT2D eigenvalue weighted by atomic mass is 9.96. The van der Waals surface area contributed by atoms with E-state index in [1.807, 2.05) is 37.3 Å². The van der Waals surface area contributed by atoms with Crippen LogP contribution >= 0.6 is 0 Å². The maximum atomic E-state index is 12.5. The van der Waals surface area contributed by atoms with Crippen LogP contribution in [-0.4, -0.2) is 32.5 Å². The minimum Gasteiger partial charge on any atom is -0.454 e. The monoisotopic (exact) mass is 389 g/mol. The Hall–Kier alpha value is -2.67. The summed E-state index contributed by atoms with van der Waals surface area (Å²) in [6.07, 6.45) is 0.670. The lowest BCUT2D eigenvalue weighted by Gasteiger charge is -2.18. The molecule has 0 unspecified atom stereocenters. The largest absolute Gasteiger partial charge is 0.454 e. The summed E-state index contributed by atoms with van der Waals surface area (Å²) in [6.45, 7) is 3.42. The van der Waals surface area contributed by atoms with E-state index in [0.717, 1.165) is 11.8 Å². The van der Waals surface area contributed by atoms with Gasteiger partial charge in [-0.3, -0.25) is 14.3 Å². The van der Waals surface area contributed by atoms with Crippen LogP contribution in [0.15, 0.2) is 54.6 Å². The summed E-state index contributed by atoms with van der Waals surface area (Å²) in [5, 5.41) is 0. The van der Waals surface area contributed by atoms with Gasteiger partial charge in [-0.15, -0.1) is 0 Å².